The lowest BCUT2D eigenvalue weighted by atomic mass is 10.1. The van der Waals surface area contributed by atoms with Crippen LogP contribution >= 0.6 is 0 Å². The molecule has 4 rings (SSSR count). The fourth-order valence-electron chi connectivity index (χ4n) is 3.77. The van der Waals surface area contributed by atoms with E-state index in [1.807, 2.05) is 12.3 Å². The van der Waals surface area contributed by atoms with E-state index in [0.29, 0.717) is 18.7 Å². The highest BCUT2D eigenvalue weighted by Gasteiger charge is 2.23. The third-order valence-corrected chi connectivity index (χ3v) is 5.60. The number of benzene rings is 1. The predicted molar refractivity (Wildman–Crippen MR) is 109 cm³/mol. The zero-order chi connectivity index (χ0) is 20.2. The Morgan fingerprint density at radius 3 is 2.52 bits per heavy atom. The second kappa shape index (κ2) is 8.84. The average Bonchev–Trinajstić information content (AvgIpc) is 2.74. The van der Waals surface area contributed by atoms with Crippen LogP contribution in [0.3, 0.4) is 0 Å². The second-order valence-electron chi connectivity index (χ2n) is 7.72. The normalized spacial score (nSPS) is 18.8. The van der Waals surface area contributed by atoms with Gasteiger partial charge in [-0.05, 0) is 31.3 Å². The van der Waals surface area contributed by atoms with Crippen molar-refractivity contribution >= 4 is 11.9 Å². The Balaban J connectivity index is 1.32. The van der Waals surface area contributed by atoms with E-state index in [4.69, 9.17) is 4.98 Å². The number of aromatic nitrogens is 2. The molecule has 0 radical (unpaired) electrons. The molecule has 0 saturated carbocycles. The summed E-state index contributed by atoms with van der Waals surface area (Å²) in [6.07, 6.45) is 1.83. The SMILES string of the molecule is CN1CCN(c2nccc(CN3CCN(C(=O)c4cccc(F)c4)CC3)n2)CC1. The molecular weight excluding hydrogens is 371 g/mol. The molecule has 1 aromatic carbocycles. The van der Waals surface area contributed by atoms with Gasteiger partial charge in [0.15, 0.2) is 0 Å². The molecule has 0 aliphatic carbocycles. The van der Waals surface area contributed by atoms with E-state index >= 15 is 0 Å². The third kappa shape index (κ3) is 4.89. The summed E-state index contributed by atoms with van der Waals surface area (Å²) in [5, 5.41) is 0. The van der Waals surface area contributed by atoms with Gasteiger partial charge < -0.3 is 14.7 Å². The fraction of sp³-hybridized carbons (Fsp3) is 0.476. The molecule has 2 aliphatic rings. The zero-order valence-electron chi connectivity index (χ0n) is 16.8. The van der Waals surface area contributed by atoms with Crippen molar-refractivity contribution in [1.82, 2.24) is 24.7 Å². The first-order valence-electron chi connectivity index (χ1n) is 10.1. The number of rotatable bonds is 4. The van der Waals surface area contributed by atoms with E-state index in [0.717, 1.165) is 57.5 Å². The Morgan fingerprint density at radius 1 is 1.03 bits per heavy atom. The topological polar surface area (TPSA) is 55.8 Å². The van der Waals surface area contributed by atoms with Crippen LogP contribution < -0.4 is 4.90 Å². The van der Waals surface area contributed by atoms with E-state index in [2.05, 4.69) is 26.7 Å². The number of anilines is 1. The Morgan fingerprint density at radius 2 is 1.79 bits per heavy atom. The van der Waals surface area contributed by atoms with Crippen LogP contribution in [0, 0.1) is 5.82 Å². The number of carbonyl (C=O) groups is 1. The number of carbonyl (C=O) groups excluding carboxylic acids is 1. The van der Waals surface area contributed by atoms with Crippen LogP contribution in [-0.4, -0.2) is 90.0 Å². The van der Waals surface area contributed by atoms with Crippen molar-refractivity contribution in [3.8, 4) is 0 Å². The molecule has 0 unspecified atom stereocenters. The van der Waals surface area contributed by atoms with Crippen molar-refractivity contribution in [1.29, 1.82) is 0 Å². The molecule has 2 aromatic rings. The maximum absolute atomic E-state index is 13.4. The predicted octanol–water partition coefficient (Wildman–Crippen LogP) is 1.33. The lowest BCUT2D eigenvalue weighted by Crippen LogP contribution is -2.48. The van der Waals surface area contributed by atoms with Crippen LogP contribution in [-0.2, 0) is 6.54 Å². The summed E-state index contributed by atoms with van der Waals surface area (Å²) < 4.78 is 13.4. The van der Waals surface area contributed by atoms with Gasteiger partial charge in [0.1, 0.15) is 5.82 Å². The second-order valence-corrected chi connectivity index (χ2v) is 7.72. The van der Waals surface area contributed by atoms with Gasteiger partial charge in [-0.15, -0.1) is 0 Å². The first-order chi connectivity index (χ1) is 14.1. The summed E-state index contributed by atoms with van der Waals surface area (Å²) in [6.45, 7) is 7.48. The monoisotopic (exact) mass is 398 g/mol. The van der Waals surface area contributed by atoms with Crippen LogP contribution in [0.5, 0.6) is 0 Å². The molecule has 0 spiro atoms. The van der Waals surface area contributed by atoms with Gasteiger partial charge in [0.2, 0.25) is 5.95 Å². The van der Waals surface area contributed by atoms with Gasteiger partial charge >= 0.3 is 0 Å². The van der Waals surface area contributed by atoms with Crippen molar-refractivity contribution in [2.75, 3.05) is 64.3 Å². The molecule has 0 N–H and O–H groups in total. The first kappa shape index (κ1) is 19.7. The quantitative estimate of drug-likeness (QED) is 0.775. The average molecular weight is 398 g/mol. The number of nitrogens with zero attached hydrogens (tertiary/aromatic N) is 6. The molecule has 2 aliphatic heterocycles. The molecule has 0 atom stereocenters. The van der Waals surface area contributed by atoms with Crippen molar-refractivity contribution in [2.45, 2.75) is 6.54 Å². The summed E-state index contributed by atoms with van der Waals surface area (Å²) in [5.74, 6) is 0.313. The molecular formula is C21H27FN6O. The van der Waals surface area contributed by atoms with E-state index in [-0.39, 0.29) is 11.7 Å². The molecule has 2 fully saturated rings. The Bertz CT molecular complexity index is 847. The van der Waals surface area contributed by atoms with Crippen LogP contribution in [0.4, 0.5) is 10.3 Å². The number of halogens is 1. The van der Waals surface area contributed by atoms with Gasteiger partial charge in [-0.3, -0.25) is 9.69 Å². The summed E-state index contributed by atoms with van der Waals surface area (Å²) in [6, 6.07) is 7.86. The zero-order valence-corrected chi connectivity index (χ0v) is 16.8. The van der Waals surface area contributed by atoms with Gasteiger partial charge in [0.25, 0.3) is 5.91 Å². The maximum atomic E-state index is 13.4. The highest BCUT2D eigenvalue weighted by Crippen LogP contribution is 2.14. The number of hydrogen-bond acceptors (Lipinski definition) is 6. The van der Waals surface area contributed by atoms with Crippen LogP contribution in [0.1, 0.15) is 16.1 Å². The van der Waals surface area contributed by atoms with Crippen LogP contribution in [0.25, 0.3) is 0 Å². The van der Waals surface area contributed by atoms with E-state index < -0.39 is 0 Å². The molecule has 1 aromatic heterocycles. The van der Waals surface area contributed by atoms with Crippen molar-refractivity contribution in [2.24, 2.45) is 0 Å². The Hall–Kier alpha value is -2.58. The standard InChI is InChI=1S/C21H27FN6O/c1-25-7-11-28(12-8-25)21-23-6-5-19(24-21)16-26-9-13-27(14-10-26)20(29)17-3-2-4-18(22)15-17/h2-6,15H,7-14,16H2,1H3. The Labute approximate surface area is 170 Å². The molecule has 0 bridgehead atoms. The summed E-state index contributed by atoms with van der Waals surface area (Å²) in [5.41, 5.74) is 1.41. The summed E-state index contributed by atoms with van der Waals surface area (Å²) in [4.78, 5) is 30.4. The summed E-state index contributed by atoms with van der Waals surface area (Å²) >= 11 is 0. The van der Waals surface area contributed by atoms with Crippen molar-refractivity contribution < 1.29 is 9.18 Å². The molecule has 2 saturated heterocycles. The molecule has 7 nitrogen and oxygen atoms in total. The number of likely N-dealkylation sites (N-methyl/N-ethyl adjacent to an activating group) is 1. The largest absolute Gasteiger partial charge is 0.338 e. The minimum atomic E-state index is -0.380. The number of hydrogen-bond donors (Lipinski definition) is 0. The number of amides is 1. The van der Waals surface area contributed by atoms with Crippen molar-refractivity contribution in [3.63, 3.8) is 0 Å². The van der Waals surface area contributed by atoms with Gasteiger partial charge in [-0.1, -0.05) is 6.07 Å². The molecule has 154 valence electrons. The third-order valence-electron chi connectivity index (χ3n) is 5.60. The van der Waals surface area contributed by atoms with Crippen LogP contribution in [0.15, 0.2) is 36.5 Å². The maximum Gasteiger partial charge on any atom is 0.254 e. The smallest absolute Gasteiger partial charge is 0.254 e. The molecule has 3 heterocycles. The number of piperazine rings is 2. The van der Waals surface area contributed by atoms with Gasteiger partial charge in [0.05, 0.1) is 5.69 Å². The van der Waals surface area contributed by atoms with Crippen molar-refractivity contribution in [3.05, 3.63) is 53.6 Å². The Kier molecular flexibility index (Phi) is 6.01. The lowest BCUT2D eigenvalue weighted by Gasteiger charge is -2.35. The fourth-order valence-corrected chi connectivity index (χ4v) is 3.77. The van der Waals surface area contributed by atoms with Crippen LogP contribution in [0.2, 0.25) is 0 Å². The molecule has 1 amide bonds. The van der Waals surface area contributed by atoms with E-state index in [1.54, 1.807) is 17.0 Å². The van der Waals surface area contributed by atoms with Gasteiger partial charge in [-0.2, -0.15) is 0 Å². The highest BCUT2D eigenvalue weighted by atomic mass is 19.1. The molecule has 8 heteroatoms. The molecule has 29 heavy (non-hydrogen) atoms. The summed E-state index contributed by atoms with van der Waals surface area (Å²) in [7, 11) is 2.13. The first-order valence-corrected chi connectivity index (χ1v) is 10.1. The minimum Gasteiger partial charge on any atom is -0.338 e. The van der Waals surface area contributed by atoms with E-state index in [1.165, 1.54) is 12.1 Å². The lowest BCUT2D eigenvalue weighted by molar-refractivity contribution is 0.0626. The highest BCUT2D eigenvalue weighted by molar-refractivity contribution is 5.94. The van der Waals surface area contributed by atoms with Gasteiger partial charge in [0, 0.05) is 70.7 Å². The minimum absolute atomic E-state index is 0.108. The van der Waals surface area contributed by atoms with Gasteiger partial charge in [-0.25, -0.2) is 14.4 Å². The van der Waals surface area contributed by atoms with E-state index in [9.17, 15) is 9.18 Å².